The Bertz CT molecular complexity index is 1290. The molecule has 0 radical (unpaired) electrons. The molecule has 0 saturated carbocycles. The molecule has 0 aliphatic heterocycles. The molecule has 2 heterocycles. The normalized spacial score (nSPS) is 11.1. The molecule has 9 heteroatoms. The van der Waals surface area contributed by atoms with Gasteiger partial charge in [-0.15, -0.1) is 0 Å². The maximum absolute atomic E-state index is 14.3. The standard InChI is InChI=1S/C19H14BrFN4O3/c1-28-13-5-2-11(3-6-13)9-25-18(26)15(21)10-24(19(25)27)17-14-7-4-12(20)8-16(14)22-23-17/h2-8,10H,9H2,1H3,(H,22,23). The number of nitrogens with one attached hydrogen (secondary N) is 1. The van der Waals surface area contributed by atoms with Crippen molar-refractivity contribution in [1.29, 1.82) is 0 Å². The highest BCUT2D eigenvalue weighted by Crippen LogP contribution is 2.22. The minimum absolute atomic E-state index is 0.0761. The summed E-state index contributed by atoms with van der Waals surface area (Å²) in [7, 11) is 1.54. The molecule has 142 valence electrons. The lowest BCUT2D eigenvalue weighted by Crippen LogP contribution is -2.41. The smallest absolute Gasteiger partial charge is 0.337 e. The first-order valence-corrected chi connectivity index (χ1v) is 9.06. The van der Waals surface area contributed by atoms with E-state index in [1.807, 2.05) is 0 Å². The van der Waals surface area contributed by atoms with Crippen molar-refractivity contribution in [3.63, 3.8) is 0 Å². The fourth-order valence-electron chi connectivity index (χ4n) is 2.94. The molecule has 0 atom stereocenters. The van der Waals surface area contributed by atoms with Crippen LogP contribution in [-0.4, -0.2) is 26.4 Å². The quantitative estimate of drug-likeness (QED) is 0.524. The van der Waals surface area contributed by atoms with Gasteiger partial charge in [-0.05, 0) is 35.9 Å². The molecule has 0 bridgehead atoms. The highest BCUT2D eigenvalue weighted by Gasteiger charge is 2.16. The van der Waals surface area contributed by atoms with Gasteiger partial charge in [0.1, 0.15) is 5.75 Å². The van der Waals surface area contributed by atoms with Gasteiger partial charge in [0.15, 0.2) is 5.82 Å². The molecule has 0 amide bonds. The van der Waals surface area contributed by atoms with E-state index in [1.165, 1.54) is 7.11 Å². The fourth-order valence-corrected chi connectivity index (χ4v) is 3.30. The van der Waals surface area contributed by atoms with Gasteiger partial charge in [0.05, 0.1) is 25.4 Å². The minimum atomic E-state index is -1.04. The van der Waals surface area contributed by atoms with Crippen LogP contribution in [0.4, 0.5) is 4.39 Å². The molecule has 0 aliphatic carbocycles. The summed E-state index contributed by atoms with van der Waals surface area (Å²) in [5, 5.41) is 7.56. The average Bonchev–Trinajstić information content (AvgIpc) is 3.11. The first-order chi connectivity index (χ1) is 13.5. The summed E-state index contributed by atoms with van der Waals surface area (Å²) >= 11 is 3.36. The van der Waals surface area contributed by atoms with Gasteiger partial charge in [-0.3, -0.25) is 14.5 Å². The van der Waals surface area contributed by atoms with Gasteiger partial charge < -0.3 is 4.74 Å². The summed E-state index contributed by atoms with van der Waals surface area (Å²) in [6.45, 7) is -0.0761. The van der Waals surface area contributed by atoms with Crippen molar-refractivity contribution in [2.24, 2.45) is 0 Å². The highest BCUT2D eigenvalue weighted by atomic mass is 79.9. The largest absolute Gasteiger partial charge is 0.497 e. The summed E-state index contributed by atoms with van der Waals surface area (Å²) < 4.78 is 22.1. The molecule has 0 fully saturated rings. The Hall–Kier alpha value is -3.20. The minimum Gasteiger partial charge on any atom is -0.497 e. The molecule has 7 nitrogen and oxygen atoms in total. The van der Waals surface area contributed by atoms with Crippen molar-refractivity contribution >= 4 is 26.8 Å². The Kier molecular flexibility index (Phi) is 4.60. The van der Waals surface area contributed by atoms with Crippen LogP contribution in [0.2, 0.25) is 0 Å². The number of methoxy groups -OCH3 is 1. The second kappa shape index (κ2) is 7.08. The van der Waals surface area contributed by atoms with Crippen LogP contribution in [0.3, 0.4) is 0 Å². The van der Waals surface area contributed by atoms with Crippen LogP contribution in [0, 0.1) is 5.82 Å². The molecular formula is C19H14BrFN4O3. The Balaban J connectivity index is 1.85. The molecule has 4 aromatic rings. The highest BCUT2D eigenvalue weighted by molar-refractivity contribution is 9.10. The number of nitrogens with zero attached hydrogens (tertiary/aromatic N) is 3. The van der Waals surface area contributed by atoms with Crippen molar-refractivity contribution in [3.05, 3.63) is 85.4 Å². The lowest BCUT2D eigenvalue weighted by Gasteiger charge is -2.10. The number of hydrogen-bond donors (Lipinski definition) is 1. The number of ether oxygens (including phenoxy) is 1. The Labute approximate surface area is 166 Å². The Morgan fingerprint density at radius 2 is 1.93 bits per heavy atom. The van der Waals surface area contributed by atoms with Crippen LogP contribution in [0.25, 0.3) is 16.7 Å². The zero-order valence-electron chi connectivity index (χ0n) is 14.6. The third-order valence-electron chi connectivity index (χ3n) is 4.36. The number of aromatic amines is 1. The summed E-state index contributed by atoms with van der Waals surface area (Å²) in [6.07, 6.45) is 0.868. The van der Waals surface area contributed by atoms with E-state index in [0.29, 0.717) is 22.2 Å². The third kappa shape index (κ3) is 3.13. The molecule has 0 aliphatic rings. The number of rotatable bonds is 4. The zero-order valence-corrected chi connectivity index (χ0v) is 16.2. The summed E-state index contributed by atoms with van der Waals surface area (Å²) in [5.41, 5.74) is -0.337. The van der Waals surface area contributed by atoms with E-state index in [9.17, 15) is 14.0 Å². The monoisotopic (exact) mass is 444 g/mol. The topological polar surface area (TPSA) is 81.9 Å². The Morgan fingerprint density at radius 1 is 1.18 bits per heavy atom. The zero-order chi connectivity index (χ0) is 19.8. The van der Waals surface area contributed by atoms with Crippen molar-refractivity contribution in [3.8, 4) is 11.6 Å². The van der Waals surface area contributed by atoms with E-state index < -0.39 is 17.1 Å². The number of H-pyrrole nitrogens is 1. The predicted octanol–water partition coefficient (Wildman–Crippen LogP) is 2.83. The van der Waals surface area contributed by atoms with Gasteiger partial charge in [0, 0.05) is 9.86 Å². The first-order valence-electron chi connectivity index (χ1n) is 8.27. The molecule has 0 spiro atoms. The third-order valence-corrected chi connectivity index (χ3v) is 4.85. The van der Waals surface area contributed by atoms with Crippen molar-refractivity contribution in [2.45, 2.75) is 6.54 Å². The lowest BCUT2D eigenvalue weighted by atomic mass is 10.2. The van der Waals surface area contributed by atoms with E-state index in [1.54, 1.807) is 42.5 Å². The van der Waals surface area contributed by atoms with Gasteiger partial charge in [0.2, 0.25) is 5.82 Å². The van der Waals surface area contributed by atoms with Crippen molar-refractivity contribution in [1.82, 2.24) is 19.3 Å². The fraction of sp³-hybridized carbons (Fsp3) is 0.105. The van der Waals surface area contributed by atoms with Crippen LogP contribution in [0.15, 0.2) is 62.7 Å². The van der Waals surface area contributed by atoms with Crippen LogP contribution >= 0.6 is 15.9 Å². The SMILES string of the molecule is COc1ccc(Cn2c(=O)c(F)cn(-c3n[nH]c4cc(Br)ccc34)c2=O)cc1. The lowest BCUT2D eigenvalue weighted by molar-refractivity contribution is 0.414. The summed E-state index contributed by atoms with van der Waals surface area (Å²) in [5.74, 6) is -0.182. The average molecular weight is 445 g/mol. The number of hydrogen-bond acceptors (Lipinski definition) is 4. The molecule has 1 N–H and O–H groups in total. The molecule has 2 aromatic heterocycles. The second-order valence-corrected chi connectivity index (χ2v) is 7.02. The van der Waals surface area contributed by atoms with Crippen LogP contribution < -0.4 is 16.0 Å². The van der Waals surface area contributed by atoms with Crippen molar-refractivity contribution < 1.29 is 9.13 Å². The van der Waals surface area contributed by atoms with Gasteiger partial charge in [0.25, 0.3) is 5.56 Å². The molecule has 2 aromatic carbocycles. The van der Waals surface area contributed by atoms with Gasteiger partial charge in [-0.1, -0.05) is 28.1 Å². The van der Waals surface area contributed by atoms with Crippen LogP contribution in [0.1, 0.15) is 5.56 Å². The second-order valence-electron chi connectivity index (χ2n) is 6.11. The maximum Gasteiger partial charge on any atom is 0.337 e. The first kappa shape index (κ1) is 18.2. The molecule has 0 unspecified atom stereocenters. The number of benzene rings is 2. The van der Waals surface area contributed by atoms with E-state index >= 15 is 0 Å². The predicted molar refractivity (Wildman–Crippen MR) is 106 cm³/mol. The van der Waals surface area contributed by atoms with E-state index in [0.717, 1.165) is 19.8 Å². The van der Waals surface area contributed by atoms with Gasteiger partial charge in [-0.25, -0.2) is 9.36 Å². The van der Waals surface area contributed by atoms with Gasteiger partial charge >= 0.3 is 5.69 Å². The molecule has 0 saturated heterocycles. The van der Waals surface area contributed by atoms with Gasteiger partial charge in [-0.2, -0.15) is 9.49 Å². The molecular weight excluding hydrogens is 431 g/mol. The number of aromatic nitrogens is 4. The van der Waals surface area contributed by atoms with Crippen LogP contribution in [0.5, 0.6) is 5.75 Å². The summed E-state index contributed by atoms with van der Waals surface area (Å²) in [6, 6.07) is 12.2. The van der Waals surface area contributed by atoms with E-state index in [4.69, 9.17) is 4.74 Å². The summed E-state index contributed by atoms with van der Waals surface area (Å²) in [4.78, 5) is 25.2. The number of fused-ring (bicyclic) bond motifs is 1. The van der Waals surface area contributed by atoms with Crippen molar-refractivity contribution in [2.75, 3.05) is 7.11 Å². The van der Waals surface area contributed by atoms with Crippen LogP contribution in [-0.2, 0) is 6.54 Å². The molecule has 4 rings (SSSR count). The maximum atomic E-state index is 14.3. The number of halogens is 2. The Morgan fingerprint density at radius 3 is 2.64 bits per heavy atom. The molecule has 28 heavy (non-hydrogen) atoms. The van der Waals surface area contributed by atoms with E-state index in [-0.39, 0.29) is 12.4 Å². The van der Waals surface area contributed by atoms with E-state index in [2.05, 4.69) is 26.1 Å².